The van der Waals surface area contributed by atoms with Crippen LogP contribution in [0.2, 0.25) is 0 Å². The molecule has 0 aromatic carbocycles. The van der Waals surface area contributed by atoms with E-state index in [4.69, 9.17) is 9.72 Å². The van der Waals surface area contributed by atoms with E-state index >= 15 is 0 Å². The first-order valence-corrected chi connectivity index (χ1v) is 13.2. The number of ether oxygens (including phenoxy) is 1. The number of carbonyl (C=O) groups is 1. The fourth-order valence-electron chi connectivity index (χ4n) is 6.11. The van der Waals surface area contributed by atoms with Gasteiger partial charge in [-0.05, 0) is 62.1 Å². The van der Waals surface area contributed by atoms with Crippen LogP contribution in [-0.2, 0) is 4.74 Å². The molecule has 1 unspecified atom stereocenters. The smallest absolute Gasteiger partial charge is 0.284 e. The Morgan fingerprint density at radius 2 is 1.95 bits per heavy atom. The zero-order chi connectivity index (χ0) is 25.7. The SMILES string of the molecule is CC(C)C1CCC(n2cc(NC(=O)c3ccnc4ccc(N5CC6C[C@@H]5CO6)nc34)c(C(F)F)n2)CC1. The molecule has 3 aromatic heterocycles. The van der Waals surface area contributed by atoms with Gasteiger partial charge in [-0.3, -0.25) is 14.5 Å². The molecule has 1 aliphatic carbocycles. The number of anilines is 2. The van der Waals surface area contributed by atoms with Gasteiger partial charge in [0.05, 0.1) is 41.6 Å². The zero-order valence-corrected chi connectivity index (χ0v) is 21.1. The van der Waals surface area contributed by atoms with Crippen LogP contribution in [0.25, 0.3) is 11.0 Å². The first kappa shape index (κ1) is 24.2. The second-order valence-corrected chi connectivity index (χ2v) is 10.9. The van der Waals surface area contributed by atoms with Crippen molar-refractivity contribution in [1.82, 2.24) is 19.7 Å². The topological polar surface area (TPSA) is 85.2 Å². The fraction of sp³-hybridized carbons (Fsp3) is 0.556. The summed E-state index contributed by atoms with van der Waals surface area (Å²) in [6.07, 6.45) is 5.37. The molecule has 2 aliphatic heterocycles. The van der Waals surface area contributed by atoms with E-state index in [9.17, 15) is 13.6 Å². The molecule has 1 saturated carbocycles. The maximum absolute atomic E-state index is 13.9. The van der Waals surface area contributed by atoms with Gasteiger partial charge in [0, 0.05) is 18.9 Å². The molecule has 3 aromatic rings. The average Bonchev–Trinajstić information content (AvgIpc) is 3.64. The van der Waals surface area contributed by atoms with Crippen LogP contribution in [0.4, 0.5) is 20.3 Å². The van der Waals surface area contributed by atoms with Crippen molar-refractivity contribution in [2.75, 3.05) is 23.4 Å². The predicted molar refractivity (Wildman–Crippen MR) is 136 cm³/mol. The van der Waals surface area contributed by atoms with E-state index in [1.54, 1.807) is 16.9 Å². The lowest BCUT2D eigenvalue weighted by Crippen LogP contribution is -2.37. The highest BCUT2D eigenvalue weighted by molar-refractivity contribution is 6.11. The second kappa shape index (κ2) is 9.63. The van der Waals surface area contributed by atoms with Crippen molar-refractivity contribution in [3.8, 4) is 0 Å². The van der Waals surface area contributed by atoms with Crippen molar-refractivity contribution < 1.29 is 18.3 Å². The second-order valence-electron chi connectivity index (χ2n) is 10.9. The maximum atomic E-state index is 13.9. The van der Waals surface area contributed by atoms with Gasteiger partial charge in [0.1, 0.15) is 11.3 Å². The van der Waals surface area contributed by atoms with Crippen LogP contribution >= 0.6 is 0 Å². The quantitative estimate of drug-likeness (QED) is 0.479. The van der Waals surface area contributed by atoms with Crippen LogP contribution in [0.15, 0.2) is 30.6 Å². The van der Waals surface area contributed by atoms with E-state index in [0.717, 1.165) is 44.5 Å². The molecule has 0 spiro atoms. The minimum Gasteiger partial charge on any atom is -0.374 e. The Kier molecular flexibility index (Phi) is 6.30. The van der Waals surface area contributed by atoms with Crippen LogP contribution < -0.4 is 10.2 Å². The molecule has 8 nitrogen and oxygen atoms in total. The molecule has 2 bridgehead atoms. The number of morpholine rings is 1. The van der Waals surface area contributed by atoms with Crippen molar-refractivity contribution in [2.45, 2.75) is 70.6 Å². The fourth-order valence-corrected chi connectivity index (χ4v) is 6.11. The number of fused-ring (bicyclic) bond motifs is 3. The first-order valence-electron chi connectivity index (χ1n) is 13.2. The number of pyridine rings is 2. The summed E-state index contributed by atoms with van der Waals surface area (Å²) >= 11 is 0. The maximum Gasteiger partial charge on any atom is 0.284 e. The summed E-state index contributed by atoms with van der Waals surface area (Å²) in [5.74, 6) is 1.53. The molecule has 2 atom stereocenters. The lowest BCUT2D eigenvalue weighted by Gasteiger charge is -2.30. The number of carbonyl (C=O) groups excluding carboxylic acids is 1. The Labute approximate surface area is 214 Å². The molecule has 196 valence electrons. The number of hydrogen-bond donors (Lipinski definition) is 1. The molecule has 3 aliphatic rings. The molecule has 6 rings (SSSR count). The van der Waals surface area contributed by atoms with E-state index < -0.39 is 18.0 Å². The molecule has 10 heteroatoms. The number of nitrogens with one attached hydrogen (secondary N) is 1. The van der Waals surface area contributed by atoms with Crippen molar-refractivity contribution >= 4 is 28.4 Å². The Bertz CT molecular complexity index is 1300. The third-order valence-corrected chi connectivity index (χ3v) is 8.28. The molecular formula is C27H32F2N6O2. The molecule has 2 saturated heterocycles. The monoisotopic (exact) mass is 510 g/mol. The lowest BCUT2D eigenvalue weighted by atomic mass is 9.80. The summed E-state index contributed by atoms with van der Waals surface area (Å²) in [6, 6.07) is 5.66. The normalized spacial score (nSPS) is 25.5. The van der Waals surface area contributed by atoms with Gasteiger partial charge in [-0.1, -0.05) is 13.8 Å². The average molecular weight is 511 g/mol. The molecule has 5 heterocycles. The van der Waals surface area contributed by atoms with Crippen molar-refractivity contribution in [1.29, 1.82) is 0 Å². The first-order chi connectivity index (χ1) is 17.9. The zero-order valence-electron chi connectivity index (χ0n) is 21.1. The van der Waals surface area contributed by atoms with Gasteiger partial charge in [0.25, 0.3) is 12.3 Å². The summed E-state index contributed by atoms with van der Waals surface area (Å²) in [7, 11) is 0. The standard InChI is InChI=1S/C27H32F2N6O2/c1-15(2)16-3-5-17(6-4-16)35-13-22(25(33-35)26(28)29)31-27(36)20-9-10-30-21-7-8-23(32-24(20)21)34-12-19-11-18(34)14-37-19/h7-10,13,15-19,26H,3-6,11-12,14H2,1-2H3,(H,31,36)/t16?,17?,18-,19?/m1/s1. The molecule has 1 N–H and O–H groups in total. The Morgan fingerprint density at radius 3 is 2.62 bits per heavy atom. The number of amides is 1. The molecule has 37 heavy (non-hydrogen) atoms. The predicted octanol–water partition coefficient (Wildman–Crippen LogP) is 5.38. The van der Waals surface area contributed by atoms with Gasteiger partial charge in [0.15, 0.2) is 5.69 Å². The Balaban J connectivity index is 1.25. The van der Waals surface area contributed by atoms with Crippen LogP contribution in [0, 0.1) is 11.8 Å². The molecular weight excluding hydrogens is 478 g/mol. The van der Waals surface area contributed by atoms with E-state index in [2.05, 4.69) is 34.1 Å². The van der Waals surface area contributed by atoms with Gasteiger partial charge in [0.2, 0.25) is 0 Å². The van der Waals surface area contributed by atoms with Crippen molar-refractivity contribution in [2.24, 2.45) is 11.8 Å². The van der Waals surface area contributed by atoms with Crippen molar-refractivity contribution in [3.63, 3.8) is 0 Å². The number of nitrogens with zero attached hydrogens (tertiary/aromatic N) is 5. The van der Waals surface area contributed by atoms with E-state index in [1.807, 2.05) is 12.1 Å². The largest absolute Gasteiger partial charge is 0.374 e. The highest BCUT2D eigenvalue weighted by Crippen LogP contribution is 2.37. The van der Waals surface area contributed by atoms with Crippen LogP contribution in [0.5, 0.6) is 0 Å². The van der Waals surface area contributed by atoms with E-state index in [0.29, 0.717) is 29.5 Å². The highest BCUT2D eigenvalue weighted by atomic mass is 19.3. The minimum absolute atomic E-state index is 0.0427. The minimum atomic E-state index is -2.80. The Hall–Kier alpha value is -3.14. The van der Waals surface area contributed by atoms with Crippen LogP contribution in [0.3, 0.4) is 0 Å². The summed E-state index contributed by atoms with van der Waals surface area (Å²) in [6.45, 7) is 5.89. The summed E-state index contributed by atoms with van der Waals surface area (Å²) in [4.78, 5) is 24.7. The number of halogens is 2. The van der Waals surface area contributed by atoms with Gasteiger partial charge < -0.3 is 15.0 Å². The summed E-state index contributed by atoms with van der Waals surface area (Å²) in [5.41, 5.74) is 0.946. The lowest BCUT2D eigenvalue weighted by molar-refractivity contribution is 0.0988. The number of hydrogen-bond acceptors (Lipinski definition) is 6. The third-order valence-electron chi connectivity index (χ3n) is 8.28. The molecule has 1 amide bonds. The summed E-state index contributed by atoms with van der Waals surface area (Å²) in [5, 5.41) is 6.91. The number of rotatable bonds is 6. The van der Waals surface area contributed by atoms with E-state index in [-0.39, 0.29) is 29.4 Å². The van der Waals surface area contributed by atoms with Crippen LogP contribution in [-0.4, -0.2) is 51.0 Å². The third kappa shape index (κ3) is 4.56. The molecule has 3 fully saturated rings. The number of aromatic nitrogens is 4. The van der Waals surface area contributed by atoms with E-state index in [1.165, 1.54) is 6.20 Å². The molecule has 0 radical (unpaired) electrons. The van der Waals surface area contributed by atoms with Gasteiger partial charge in [-0.2, -0.15) is 5.10 Å². The van der Waals surface area contributed by atoms with Gasteiger partial charge in [-0.15, -0.1) is 0 Å². The number of alkyl halides is 2. The summed E-state index contributed by atoms with van der Waals surface area (Å²) < 4.78 is 35.2. The Morgan fingerprint density at radius 1 is 1.14 bits per heavy atom. The van der Waals surface area contributed by atoms with Crippen molar-refractivity contribution in [3.05, 3.63) is 41.9 Å². The highest BCUT2D eigenvalue weighted by Gasteiger charge is 2.39. The van der Waals surface area contributed by atoms with Gasteiger partial charge >= 0.3 is 0 Å². The van der Waals surface area contributed by atoms with Crippen LogP contribution in [0.1, 0.15) is 74.5 Å². The van der Waals surface area contributed by atoms with Gasteiger partial charge in [-0.25, -0.2) is 13.8 Å².